The average molecular weight is 226 g/mol. The molecular formula is C10H5ClFNO2. The van der Waals surface area contributed by atoms with Gasteiger partial charge in [0.1, 0.15) is 11.0 Å². The minimum Gasteiger partial charge on any atom is -0.478 e. The maximum atomic E-state index is 13.3. The van der Waals surface area contributed by atoms with Gasteiger partial charge in [-0.25, -0.2) is 14.2 Å². The summed E-state index contributed by atoms with van der Waals surface area (Å²) in [6, 6.07) is 5.48. The van der Waals surface area contributed by atoms with Crippen LogP contribution in [0.5, 0.6) is 0 Å². The number of carboxylic acid groups (broad SMARTS) is 1. The summed E-state index contributed by atoms with van der Waals surface area (Å²) in [6.45, 7) is 0. The molecule has 0 unspecified atom stereocenters. The van der Waals surface area contributed by atoms with Gasteiger partial charge in [0.2, 0.25) is 0 Å². The molecule has 0 aliphatic heterocycles. The van der Waals surface area contributed by atoms with Crippen LogP contribution in [0.2, 0.25) is 5.15 Å². The van der Waals surface area contributed by atoms with Crippen molar-refractivity contribution in [3.05, 3.63) is 40.8 Å². The summed E-state index contributed by atoms with van der Waals surface area (Å²) in [5, 5.41) is 8.78. The Hall–Kier alpha value is -1.68. The summed E-state index contributed by atoms with van der Waals surface area (Å²) >= 11 is 5.64. The van der Waals surface area contributed by atoms with Crippen molar-refractivity contribution < 1.29 is 14.3 Å². The molecule has 2 rings (SSSR count). The average Bonchev–Trinajstić information content (AvgIpc) is 2.16. The second kappa shape index (κ2) is 3.47. The van der Waals surface area contributed by atoms with Crippen LogP contribution in [0.25, 0.3) is 10.9 Å². The third-order valence-electron chi connectivity index (χ3n) is 1.99. The molecule has 0 fully saturated rings. The lowest BCUT2D eigenvalue weighted by atomic mass is 10.1. The summed E-state index contributed by atoms with van der Waals surface area (Å²) in [7, 11) is 0. The van der Waals surface area contributed by atoms with Crippen LogP contribution in [-0.4, -0.2) is 16.1 Å². The summed E-state index contributed by atoms with van der Waals surface area (Å²) in [5.41, 5.74) is 0.138. The molecule has 1 heterocycles. The van der Waals surface area contributed by atoms with E-state index in [1.165, 1.54) is 18.2 Å². The highest BCUT2D eigenvalue weighted by Crippen LogP contribution is 2.22. The third-order valence-corrected chi connectivity index (χ3v) is 2.28. The number of aromatic nitrogens is 1. The molecule has 0 atom stereocenters. The van der Waals surface area contributed by atoms with Gasteiger partial charge in [-0.05, 0) is 18.2 Å². The SMILES string of the molecule is O=C(O)c1cc2c(F)cccc2nc1Cl. The maximum Gasteiger partial charge on any atom is 0.338 e. The van der Waals surface area contributed by atoms with E-state index < -0.39 is 11.8 Å². The van der Waals surface area contributed by atoms with Gasteiger partial charge < -0.3 is 5.11 Å². The fourth-order valence-corrected chi connectivity index (χ4v) is 1.51. The van der Waals surface area contributed by atoms with Crippen LogP contribution in [0.4, 0.5) is 4.39 Å². The molecule has 0 saturated carbocycles. The molecule has 1 aromatic carbocycles. The maximum absolute atomic E-state index is 13.3. The Kier molecular flexibility index (Phi) is 2.28. The molecule has 0 amide bonds. The van der Waals surface area contributed by atoms with Crippen LogP contribution in [0, 0.1) is 5.82 Å². The Morgan fingerprint density at radius 3 is 2.87 bits per heavy atom. The Morgan fingerprint density at radius 2 is 2.20 bits per heavy atom. The largest absolute Gasteiger partial charge is 0.478 e. The van der Waals surface area contributed by atoms with Crippen LogP contribution in [-0.2, 0) is 0 Å². The molecule has 1 aromatic heterocycles. The molecule has 0 aliphatic rings. The lowest BCUT2D eigenvalue weighted by Gasteiger charge is -2.02. The highest BCUT2D eigenvalue weighted by molar-refractivity contribution is 6.32. The zero-order valence-electron chi connectivity index (χ0n) is 7.37. The number of hydrogen-bond acceptors (Lipinski definition) is 2. The Labute approximate surface area is 89.1 Å². The smallest absolute Gasteiger partial charge is 0.338 e. The number of carbonyl (C=O) groups is 1. The molecule has 0 bridgehead atoms. The topological polar surface area (TPSA) is 50.2 Å². The quantitative estimate of drug-likeness (QED) is 0.760. The second-order valence-electron chi connectivity index (χ2n) is 2.94. The molecule has 2 aromatic rings. The van der Waals surface area contributed by atoms with E-state index >= 15 is 0 Å². The van der Waals surface area contributed by atoms with E-state index in [4.69, 9.17) is 16.7 Å². The van der Waals surface area contributed by atoms with Crippen molar-refractivity contribution in [2.24, 2.45) is 0 Å². The van der Waals surface area contributed by atoms with Gasteiger partial charge in [-0.2, -0.15) is 0 Å². The molecular weight excluding hydrogens is 221 g/mol. The number of rotatable bonds is 1. The van der Waals surface area contributed by atoms with Gasteiger partial charge >= 0.3 is 5.97 Å². The van der Waals surface area contributed by atoms with Crippen LogP contribution in [0.3, 0.4) is 0 Å². The van der Waals surface area contributed by atoms with E-state index in [-0.39, 0.29) is 16.1 Å². The summed E-state index contributed by atoms with van der Waals surface area (Å²) in [6.07, 6.45) is 0. The third kappa shape index (κ3) is 1.64. The van der Waals surface area contributed by atoms with Crippen molar-refractivity contribution in [3.63, 3.8) is 0 Å². The number of fused-ring (bicyclic) bond motifs is 1. The number of benzene rings is 1. The van der Waals surface area contributed by atoms with Gasteiger partial charge in [-0.1, -0.05) is 17.7 Å². The summed E-state index contributed by atoms with van der Waals surface area (Å²) < 4.78 is 13.3. The molecule has 76 valence electrons. The summed E-state index contributed by atoms with van der Waals surface area (Å²) in [5.74, 6) is -1.74. The number of halogens is 2. The fourth-order valence-electron chi connectivity index (χ4n) is 1.29. The van der Waals surface area contributed by atoms with E-state index in [0.29, 0.717) is 5.52 Å². The number of pyridine rings is 1. The highest BCUT2D eigenvalue weighted by atomic mass is 35.5. The monoisotopic (exact) mass is 225 g/mol. The minimum atomic E-state index is -1.22. The molecule has 0 spiro atoms. The Morgan fingerprint density at radius 1 is 1.47 bits per heavy atom. The van der Waals surface area contributed by atoms with Crippen molar-refractivity contribution in [2.45, 2.75) is 0 Å². The first kappa shape index (κ1) is 9.86. The molecule has 3 nitrogen and oxygen atoms in total. The van der Waals surface area contributed by atoms with Crippen molar-refractivity contribution in [1.29, 1.82) is 0 Å². The predicted octanol–water partition coefficient (Wildman–Crippen LogP) is 2.73. The molecule has 0 aliphatic carbocycles. The molecule has 5 heteroatoms. The lowest BCUT2D eigenvalue weighted by molar-refractivity contribution is 0.0697. The first-order valence-electron chi connectivity index (χ1n) is 4.07. The van der Waals surface area contributed by atoms with Crippen LogP contribution in [0.15, 0.2) is 24.3 Å². The van der Waals surface area contributed by atoms with Gasteiger partial charge in [0, 0.05) is 5.39 Å². The Balaban J connectivity index is 2.83. The second-order valence-corrected chi connectivity index (χ2v) is 3.30. The standard InChI is InChI=1S/C10H5ClFNO2/c11-9-6(10(14)15)4-5-7(12)2-1-3-8(5)13-9/h1-4H,(H,14,15). The van der Waals surface area contributed by atoms with Crippen molar-refractivity contribution >= 4 is 28.5 Å². The lowest BCUT2D eigenvalue weighted by Crippen LogP contribution is -1.99. The van der Waals surface area contributed by atoms with E-state index in [0.717, 1.165) is 0 Å². The minimum absolute atomic E-state index is 0.138. The van der Waals surface area contributed by atoms with Gasteiger partial charge in [-0.15, -0.1) is 0 Å². The van der Waals surface area contributed by atoms with Crippen molar-refractivity contribution in [1.82, 2.24) is 4.98 Å². The van der Waals surface area contributed by atoms with Gasteiger partial charge in [0.25, 0.3) is 0 Å². The number of hydrogen-bond donors (Lipinski definition) is 1. The Bertz CT molecular complexity index is 556. The number of nitrogens with zero attached hydrogens (tertiary/aromatic N) is 1. The number of carboxylic acids is 1. The number of aromatic carboxylic acids is 1. The first-order chi connectivity index (χ1) is 7.09. The molecule has 15 heavy (non-hydrogen) atoms. The first-order valence-corrected chi connectivity index (χ1v) is 4.45. The predicted molar refractivity (Wildman–Crippen MR) is 53.7 cm³/mol. The van der Waals surface area contributed by atoms with E-state index in [1.54, 1.807) is 6.07 Å². The van der Waals surface area contributed by atoms with Crippen molar-refractivity contribution in [2.75, 3.05) is 0 Å². The van der Waals surface area contributed by atoms with Crippen molar-refractivity contribution in [3.8, 4) is 0 Å². The fraction of sp³-hybridized carbons (Fsp3) is 0. The van der Waals surface area contributed by atoms with Gasteiger partial charge in [-0.3, -0.25) is 0 Å². The zero-order valence-corrected chi connectivity index (χ0v) is 8.12. The van der Waals surface area contributed by atoms with Gasteiger partial charge in [0.05, 0.1) is 11.1 Å². The normalized spacial score (nSPS) is 10.5. The molecule has 1 N–H and O–H groups in total. The van der Waals surface area contributed by atoms with E-state index in [9.17, 15) is 9.18 Å². The highest BCUT2D eigenvalue weighted by Gasteiger charge is 2.12. The van der Waals surface area contributed by atoms with E-state index in [2.05, 4.69) is 4.98 Å². The van der Waals surface area contributed by atoms with Crippen LogP contribution in [0.1, 0.15) is 10.4 Å². The van der Waals surface area contributed by atoms with Crippen LogP contribution >= 0.6 is 11.6 Å². The van der Waals surface area contributed by atoms with Crippen LogP contribution < -0.4 is 0 Å². The zero-order chi connectivity index (χ0) is 11.0. The van der Waals surface area contributed by atoms with Gasteiger partial charge in [0.15, 0.2) is 0 Å². The molecule has 0 radical (unpaired) electrons. The molecule has 0 saturated heterocycles. The summed E-state index contributed by atoms with van der Waals surface area (Å²) in [4.78, 5) is 14.5. The van der Waals surface area contributed by atoms with E-state index in [1.807, 2.05) is 0 Å².